The van der Waals surface area contributed by atoms with Gasteiger partial charge in [0.25, 0.3) is 0 Å². The fourth-order valence-corrected chi connectivity index (χ4v) is 2.09. The van der Waals surface area contributed by atoms with Crippen LogP contribution in [0.2, 0.25) is 0 Å². The van der Waals surface area contributed by atoms with Crippen molar-refractivity contribution in [3.63, 3.8) is 0 Å². The molecule has 0 radical (unpaired) electrons. The molecule has 3 heteroatoms. The van der Waals surface area contributed by atoms with E-state index in [0.29, 0.717) is 11.8 Å². The molecule has 14 heavy (non-hydrogen) atoms. The second-order valence-electron chi connectivity index (χ2n) is 4.50. The Morgan fingerprint density at radius 3 is 2.86 bits per heavy atom. The van der Waals surface area contributed by atoms with Crippen molar-refractivity contribution < 1.29 is 4.79 Å². The molecule has 1 fully saturated rings. The molecule has 1 aliphatic rings. The van der Waals surface area contributed by atoms with Crippen molar-refractivity contribution >= 4 is 5.91 Å². The van der Waals surface area contributed by atoms with Crippen LogP contribution in [0.25, 0.3) is 0 Å². The predicted octanol–water partition coefficient (Wildman–Crippen LogP) is 1.10. The molecule has 0 saturated carbocycles. The molecule has 0 spiro atoms. The second-order valence-corrected chi connectivity index (χ2v) is 4.50. The molecule has 0 aliphatic carbocycles. The predicted molar refractivity (Wildman–Crippen MR) is 58.1 cm³/mol. The van der Waals surface area contributed by atoms with Crippen molar-refractivity contribution in [3.05, 3.63) is 0 Å². The van der Waals surface area contributed by atoms with E-state index in [1.165, 1.54) is 6.42 Å². The van der Waals surface area contributed by atoms with Gasteiger partial charge in [-0.2, -0.15) is 0 Å². The SMILES string of the molecule is CNCC1CCCN(C(=O)C(C)C)C1. The van der Waals surface area contributed by atoms with Crippen LogP contribution in [0.15, 0.2) is 0 Å². The largest absolute Gasteiger partial charge is 0.342 e. The molecule has 3 nitrogen and oxygen atoms in total. The summed E-state index contributed by atoms with van der Waals surface area (Å²) >= 11 is 0. The number of nitrogens with zero attached hydrogens (tertiary/aromatic N) is 1. The Hall–Kier alpha value is -0.570. The van der Waals surface area contributed by atoms with Crippen molar-refractivity contribution in [3.8, 4) is 0 Å². The Morgan fingerprint density at radius 2 is 2.29 bits per heavy atom. The van der Waals surface area contributed by atoms with E-state index >= 15 is 0 Å². The van der Waals surface area contributed by atoms with Crippen LogP contribution in [0.5, 0.6) is 0 Å². The van der Waals surface area contributed by atoms with Crippen molar-refractivity contribution in [2.75, 3.05) is 26.7 Å². The third kappa shape index (κ3) is 2.98. The lowest BCUT2D eigenvalue weighted by Gasteiger charge is -2.33. The molecule has 0 aromatic heterocycles. The smallest absolute Gasteiger partial charge is 0.225 e. The van der Waals surface area contributed by atoms with Crippen molar-refractivity contribution in [2.24, 2.45) is 11.8 Å². The van der Waals surface area contributed by atoms with Crippen LogP contribution in [0.3, 0.4) is 0 Å². The Labute approximate surface area is 86.9 Å². The molecule has 0 aromatic rings. The van der Waals surface area contributed by atoms with Crippen LogP contribution >= 0.6 is 0 Å². The third-order valence-corrected chi connectivity index (χ3v) is 2.82. The van der Waals surface area contributed by atoms with Gasteiger partial charge < -0.3 is 10.2 Å². The summed E-state index contributed by atoms with van der Waals surface area (Å²) in [5.74, 6) is 1.10. The Morgan fingerprint density at radius 1 is 1.57 bits per heavy atom. The molecule has 1 unspecified atom stereocenters. The molecule has 1 amide bonds. The van der Waals surface area contributed by atoms with Crippen molar-refractivity contribution in [1.29, 1.82) is 0 Å². The first kappa shape index (κ1) is 11.5. The highest BCUT2D eigenvalue weighted by Crippen LogP contribution is 2.17. The molecule has 1 N–H and O–H groups in total. The van der Waals surface area contributed by atoms with E-state index in [1.54, 1.807) is 0 Å². The normalized spacial score (nSPS) is 22.9. The zero-order chi connectivity index (χ0) is 10.6. The van der Waals surface area contributed by atoms with Crippen LogP contribution in [0.4, 0.5) is 0 Å². The summed E-state index contributed by atoms with van der Waals surface area (Å²) in [6, 6.07) is 0. The van der Waals surface area contributed by atoms with Gasteiger partial charge in [-0.05, 0) is 32.4 Å². The first-order valence-corrected chi connectivity index (χ1v) is 5.58. The number of hydrogen-bond acceptors (Lipinski definition) is 2. The summed E-state index contributed by atoms with van der Waals surface area (Å²) in [6.07, 6.45) is 2.41. The highest BCUT2D eigenvalue weighted by atomic mass is 16.2. The Balaban J connectivity index is 2.43. The first-order chi connectivity index (χ1) is 6.65. The average Bonchev–Trinajstić information content (AvgIpc) is 2.17. The quantitative estimate of drug-likeness (QED) is 0.736. The van der Waals surface area contributed by atoms with E-state index in [4.69, 9.17) is 0 Å². The molecule has 1 aliphatic heterocycles. The number of hydrogen-bond donors (Lipinski definition) is 1. The van der Waals surface area contributed by atoms with Gasteiger partial charge >= 0.3 is 0 Å². The summed E-state index contributed by atoms with van der Waals surface area (Å²) in [4.78, 5) is 13.8. The van der Waals surface area contributed by atoms with Crippen LogP contribution in [-0.4, -0.2) is 37.5 Å². The highest BCUT2D eigenvalue weighted by molar-refractivity contribution is 5.78. The van der Waals surface area contributed by atoms with Gasteiger partial charge in [-0.1, -0.05) is 13.8 Å². The van der Waals surface area contributed by atoms with Gasteiger partial charge in [0, 0.05) is 19.0 Å². The number of nitrogens with one attached hydrogen (secondary N) is 1. The van der Waals surface area contributed by atoms with Crippen LogP contribution < -0.4 is 5.32 Å². The zero-order valence-corrected chi connectivity index (χ0v) is 9.55. The third-order valence-electron chi connectivity index (χ3n) is 2.82. The van der Waals surface area contributed by atoms with Crippen LogP contribution in [0, 0.1) is 11.8 Å². The van der Waals surface area contributed by atoms with E-state index in [-0.39, 0.29) is 5.92 Å². The van der Waals surface area contributed by atoms with Gasteiger partial charge in [0.05, 0.1) is 0 Å². The molecule has 82 valence electrons. The number of carbonyl (C=O) groups is 1. The van der Waals surface area contributed by atoms with Gasteiger partial charge in [0.15, 0.2) is 0 Å². The zero-order valence-electron chi connectivity index (χ0n) is 9.55. The standard InChI is InChI=1S/C11H22N2O/c1-9(2)11(14)13-6-4-5-10(8-13)7-12-3/h9-10,12H,4-8H2,1-3H3. The van der Waals surface area contributed by atoms with Gasteiger partial charge in [-0.15, -0.1) is 0 Å². The fourth-order valence-electron chi connectivity index (χ4n) is 2.09. The lowest BCUT2D eigenvalue weighted by Crippen LogP contribution is -2.44. The minimum absolute atomic E-state index is 0.142. The minimum atomic E-state index is 0.142. The number of piperidine rings is 1. The van der Waals surface area contributed by atoms with E-state index < -0.39 is 0 Å². The van der Waals surface area contributed by atoms with E-state index in [0.717, 1.165) is 26.1 Å². The number of likely N-dealkylation sites (tertiary alicyclic amines) is 1. The topological polar surface area (TPSA) is 32.3 Å². The maximum atomic E-state index is 11.8. The van der Waals surface area contributed by atoms with Crippen LogP contribution in [-0.2, 0) is 4.79 Å². The van der Waals surface area contributed by atoms with E-state index in [9.17, 15) is 4.79 Å². The molecule has 1 heterocycles. The summed E-state index contributed by atoms with van der Waals surface area (Å²) in [6.45, 7) is 6.88. The van der Waals surface area contributed by atoms with Crippen molar-refractivity contribution in [2.45, 2.75) is 26.7 Å². The maximum absolute atomic E-state index is 11.8. The molecule has 1 saturated heterocycles. The van der Waals surface area contributed by atoms with Crippen molar-refractivity contribution in [1.82, 2.24) is 10.2 Å². The summed E-state index contributed by atoms with van der Waals surface area (Å²) in [7, 11) is 1.98. The molecule has 1 atom stereocenters. The Kier molecular flexibility index (Phi) is 4.39. The second kappa shape index (κ2) is 5.35. The molecule has 1 rings (SSSR count). The van der Waals surface area contributed by atoms with Crippen LogP contribution in [0.1, 0.15) is 26.7 Å². The summed E-state index contributed by atoms with van der Waals surface area (Å²) < 4.78 is 0. The maximum Gasteiger partial charge on any atom is 0.225 e. The van der Waals surface area contributed by atoms with E-state index in [1.807, 2.05) is 25.8 Å². The molecular formula is C11H22N2O. The molecular weight excluding hydrogens is 176 g/mol. The number of rotatable bonds is 3. The van der Waals surface area contributed by atoms with Gasteiger partial charge in [-0.3, -0.25) is 4.79 Å². The lowest BCUT2D eigenvalue weighted by atomic mass is 9.97. The number of amides is 1. The first-order valence-electron chi connectivity index (χ1n) is 5.58. The van der Waals surface area contributed by atoms with Gasteiger partial charge in [0.2, 0.25) is 5.91 Å². The van der Waals surface area contributed by atoms with Gasteiger partial charge in [0.1, 0.15) is 0 Å². The highest BCUT2D eigenvalue weighted by Gasteiger charge is 2.24. The monoisotopic (exact) mass is 198 g/mol. The number of carbonyl (C=O) groups excluding carboxylic acids is 1. The minimum Gasteiger partial charge on any atom is -0.342 e. The summed E-state index contributed by atoms with van der Waals surface area (Å²) in [5, 5.41) is 3.19. The fraction of sp³-hybridized carbons (Fsp3) is 0.909. The summed E-state index contributed by atoms with van der Waals surface area (Å²) in [5.41, 5.74) is 0. The molecule has 0 aromatic carbocycles. The lowest BCUT2D eigenvalue weighted by molar-refractivity contribution is -0.136. The Bertz CT molecular complexity index is 190. The average molecular weight is 198 g/mol. The van der Waals surface area contributed by atoms with E-state index in [2.05, 4.69) is 5.32 Å². The van der Waals surface area contributed by atoms with Gasteiger partial charge in [-0.25, -0.2) is 0 Å². The molecule has 0 bridgehead atoms.